The second-order valence-corrected chi connectivity index (χ2v) is 8.75. The number of rotatable bonds is 4. The molecule has 1 saturated heterocycles. The number of aryl methyl sites for hydroxylation is 1. The van der Waals surface area contributed by atoms with Crippen LogP contribution in [0, 0.1) is 6.92 Å². The van der Waals surface area contributed by atoms with Crippen molar-refractivity contribution in [1.29, 1.82) is 0 Å². The van der Waals surface area contributed by atoms with E-state index in [2.05, 4.69) is 29.3 Å². The van der Waals surface area contributed by atoms with Gasteiger partial charge in [-0.1, -0.05) is 17.7 Å². The van der Waals surface area contributed by atoms with Crippen molar-refractivity contribution < 1.29 is 9.53 Å². The van der Waals surface area contributed by atoms with Crippen LogP contribution in [0.3, 0.4) is 0 Å². The molecule has 3 rings (SSSR count). The number of nitrogens with zero attached hydrogens (tertiary/aromatic N) is 5. The lowest BCUT2D eigenvalue weighted by Gasteiger charge is -2.35. The second kappa shape index (κ2) is 8.77. The monoisotopic (exact) mass is 412 g/mol. The van der Waals surface area contributed by atoms with Gasteiger partial charge in [-0.2, -0.15) is 9.97 Å². The highest BCUT2D eigenvalue weighted by Crippen LogP contribution is 2.23. The van der Waals surface area contributed by atoms with E-state index < -0.39 is 5.60 Å². The van der Waals surface area contributed by atoms with Crippen LogP contribution < -0.4 is 15.1 Å². The largest absolute Gasteiger partial charge is 0.444 e. The quantitative estimate of drug-likeness (QED) is 0.822. The molecule has 1 aromatic carbocycles. The lowest BCUT2D eigenvalue weighted by Crippen LogP contribution is -2.50. The van der Waals surface area contributed by atoms with Crippen LogP contribution in [0.25, 0.3) is 0 Å². The van der Waals surface area contributed by atoms with E-state index in [1.165, 1.54) is 5.56 Å². The van der Waals surface area contributed by atoms with Gasteiger partial charge in [-0.05, 0) is 39.8 Å². The van der Waals surface area contributed by atoms with Crippen LogP contribution in [0.2, 0.25) is 0 Å². The number of anilines is 4. The van der Waals surface area contributed by atoms with Gasteiger partial charge in [0.1, 0.15) is 17.2 Å². The molecule has 0 aliphatic carbocycles. The first-order valence-electron chi connectivity index (χ1n) is 10.2. The summed E-state index contributed by atoms with van der Waals surface area (Å²) in [6.45, 7) is 10.2. The average Bonchev–Trinajstić information content (AvgIpc) is 2.68. The highest BCUT2D eigenvalue weighted by Gasteiger charge is 2.27. The van der Waals surface area contributed by atoms with E-state index in [0.717, 1.165) is 17.3 Å². The lowest BCUT2D eigenvalue weighted by molar-refractivity contribution is 0.0240. The minimum absolute atomic E-state index is 0.271. The summed E-state index contributed by atoms with van der Waals surface area (Å²) in [5, 5.41) is 3.37. The molecule has 1 N–H and O–H groups in total. The predicted molar refractivity (Wildman–Crippen MR) is 121 cm³/mol. The van der Waals surface area contributed by atoms with Crippen molar-refractivity contribution in [3.8, 4) is 0 Å². The van der Waals surface area contributed by atoms with E-state index in [1.807, 2.05) is 58.0 Å². The number of nitrogens with one attached hydrogen (secondary N) is 1. The van der Waals surface area contributed by atoms with Gasteiger partial charge < -0.3 is 24.8 Å². The van der Waals surface area contributed by atoms with Gasteiger partial charge in [-0.3, -0.25) is 0 Å². The number of benzene rings is 1. The number of amides is 1. The van der Waals surface area contributed by atoms with E-state index >= 15 is 0 Å². The van der Waals surface area contributed by atoms with Crippen LogP contribution in [-0.2, 0) is 4.74 Å². The fraction of sp³-hybridized carbons (Fsp3) is 0.500. The third-order valence-electron chi connectivity index (χ3n) is 4.70. The molecule has 0 unspecified atom stereocenters. The summed E-state index contributed by atoms with van der Waals surface area (Å²) in [6.07, 6.45) is -0.271. The topological polar surface area (TPSA) is 73.8 Å². The van der Waals surface area contributed by atoms with Crippen LogP contribution in [0.4, 0.5) is 28.1 Å². The molecule has 30 heavy (non-hydrogen) atoms. The molecule has 162 valence electrons. The van der Waals surface area contributed by atoms with Crippen LogP contribution in [0.1, 0.15) is 26.3 Å². The van der Waals surface area contributed by atoms with Gasteiger partial charge in [-0.15, -0.1) is 0 Å². The number of hydrogen-bond donors (Lipinski definition) is 1. The first-order valence-corrected chi connectivity index (χ1v) is 10.2. The summed E-state index contributed by atoms with van der Waals surface area (Å²) in [6, 6.07) is 10.1. The first kappa shape index (κ1) is 21.7. The second-order valence-electron chi connectivity index (χ2n) is 8.75. The van der Waals surface area contributed by atoms with Crippen LogP contribution in [-0.4, -0.2) is 66.8 Å². The molecule has 0 atom stereocenters. The molecule has 0 saturated carbocycles. The van der Waals surface area contributed by atoms with Gasteiger partial charge in [0, 0.05) is 52.0 Å². The SMILES string of the molecule is Cc1ccc(Nc2cc(N(C)C)nc(N3CCN(C(=O)OC(C)(C)C)CC3)n2)cc1. The van der Waals surface area contributed by atoms with Crippen molar-refractivity contribution >= 4 is 29.4 Å². The number of ether oxygens (including phenoxy) is 1. The Hall–Kier alpha value is -3.03. The molecule has 2 aromatic rings. The minimum atomic E-state index is -0.492. The molecule has 0 bridgehead atoms. The smallest absolute Gasteiger partial charge is 0.410 e. The van der Waals surface area contributed by atoms with Gasteiger partial charge in [0.05, 0.1) is 0 Å². The Morgan fingerprint density at radius 1 is 1.07 bits per heavy atom. The molecule has 1 aromatic heterocycles. The summed E-state index contributed by atoms with van der Waals surface area (Å²) in [5.74, 6) is 2.21. The summed E-state index contributed by atoms with van der Waals surface area (Å²) in [7, 11) is 3.92. The van der Waals surface area contributed by atoms with E-state index in [4.69, 9.17) is 14.7 Å². The zero-order valence-corrected chi connectivity index (χ0v) is 18.8. The van der Waals surface area contributed by atoms with Crippen LogP contribution in [0.15, 0.2) is 30.3 Å². The standard InChI is InChI=1S/C22H32N6O2/c1-16-7-9-17(10-8-16)23-18-15-19(26(5)6)25-20(24-18)27-11-13-28(14-12-27)21(29)30-22(2,3)4/h7-10,15H,11-14H2,1-6H3,(H,23,24,25). The maximum atomic E-state index is 12.3. The number of carbonyl (C=O) groups is 1. The fourth-order valence-corrected chi connectivity index (χ4v) is 3.06. The summed E-state index contributed by atoms with van der Waals surface area (Å²) < 4.78 is 5.48. The Morgan fingerprint density at radius 2 is 1.70 bits per heavy atom. The number of aromatic nitrogens is 2. The minimum Gasteiger partial charge on any atom is -0.444 e. The number of hydrogen-bond acceptors (Lipinski definition) is 7. The van der Waals surface area contributed by atoms with Crippen molar-refractivity contribution in [1.82, 2.24) is 14.9 Å². The normalized spacial score (nSPS) is 14.5. The summed E-state index contributed by atoms with van der Waals surface area (Å²) >= 11 is 0. The number of piperazine rings is 1. The molecule has 1 fully saturated rings. The molecule has 1 aliphatic rings. The molecule has 1 aliphatic heterocycles. The zero-order chi connectivity index (χ0) is 21.9. The predicted octanol–water partition coefficient (Wildman–Crippen LogP) is 3.65. The lowest BCUT2D eigenvalue weighted by atomic mass is 10.2. The molecule has 0 spiro atoms. The Labute approximate surface area is 178 Å². The zero-order valence-electron chi connectivity index (χ0n) is 18.8. The van der Waals surface area contributed by atoms with Crippen molar-refractivity contribution in [3.63, 3.8) is 0 Å². The Bertz CT molecular complexity index is 868. The van der Waals surface area contributed by atoms with Crippen LogP contribution in [0.5, 0.6) is 0 Å². The molecular formula is C22H32N6O2. The Morgan fingerprint density at radius 3 is 2.27 bits per heavy atom. The third-order valence-corrected chi connectivity index (χ3v) is 4.70. The Kier molecular flexibility index (Phi) is 6.34. The van der Waals surface area contributed by atoms with Crippen LogP contribution >= 0.6 is 0 Å². The molecule has 0 radical (unpaired) electrons. The van der Waals surface area contributed by atoms with Crippen molar-refractivity contribution in [2.75, 3.05) is 55.4 Å². The van der Waals surface area contributed by atoms with E-state index in [-0.39, 0.29) is 6.09 Å². The average molecular weight is 413 g/mol. The van der Waals surface area contributed by atoms with E-state index in [0.29, 0.717) is 32.1 Å². The molecule has 2 heterocycles. The maximum absolute atomic E-state index is 12.3. The van der Waals surface area contributed by atoms with Gasteiger partial charge in [-0.25, -0.2) is 4.79 Å². The molecular weight excluding hydrogens is 380 g/mol. The molecule has 1 amide bonds. The first-order chi connectivity index (χ1) is 14.1. The van der Waals surface area contributed by atoms with E-state index in [1.54, 1.807) is 4.90 Å². The molecule has 8 nitrogen and oxygen atoms in total. The van der Waals surface area contributed by atoms with Crippen molar-refractivity contribution in [3.05, 3.63) is 35.9 Å². The summed E-state index contributed by atoms with van der Waals surface area (Å²) in [5.41, 5.74) is 1.69. The molecule has 8 heteroatoms. The maximum Gasteiger partial charge on any atom is 0.410 e. The highest BCUT2D eigenvalue weighted by atomic mass is 16.6. The fourth-order valence-electron chi connectivity index (χ4n) is 3.06. The Balaban J connectivity index is 1.73. The summed E-state index contributed by atoms with van der Waals surface area (Å²) in [4.78, 5) is 27.6. The third kappa shape index (κ3) is 5.75. The van der Waals surface area contributed by atoms with Gasteiger partial charge in [0.2, 0.25) is 5.95 Å². The highest BCUT2D eigenvalue weighted by molar-refractivity contribution is 5.68. The van der Waals surface area contributed by atoms with Crippen molar-refractivity contribution in [2.45, 2.75) is 33.3 Å². The van der Waals surface area contributed by atoms with E-state index in [9.17, 15) is 4.79 Å². The number of carbonyl (C=O) groups excluding carboxylic acids is 1. The van der Waals surface area contributed by atoms with Gasteiger partial charge in [0.25, 0.3) is 0 Å². The van der Waals surface area contributed by atoms with Gasteiger partial charge >= 0.3 is 6.09 Å². The van der Waals surface area contributed by atoms with Crippen molar-refractivity contribution in [2.24, 2.45) is 0 Å². The van der Waals surface area contributed by atoms with Gasteiger partial charge in [0.15, 0.2) is 0 Å².